The Balaban J connectivity index is 1.67. The van der Waals surface area contributed by atoms with E-state index in [1.807, 2.05) is 18.2 Å². The minimum atomic E-state index is -0.690. The minimum Gasteiger partial charge on any atom is -0.392 e. The van der Waals surface area contributed by atoms with Crippen LogP contribution in [-0.4, -0.2) is 25.0 Å². The molecule has 0 saturated heterocycles. The van der Waals surface area contributed by atoms with Gasteiger partial charge in [0.15, 0.2) is 0 Å². The number of amides is 1. The molecule has 4 N–H and O–H groups in total. The number of hydrogen-bond acceptors (Lipinski definition) is 4. The minimum absolute atomic E-state index is 0.0997. The lowest BCUT2D eigenvalue weighted by Gasteiger charge is -2.15. The lowest BCUT2D eigenvalue weighted by molar-refractivity contribution is 0.100. The van der Waals surface area contributed by atoms with Crippen molar-refractivity contribution >= 4 is 33.2 Å². The number of aliphatic hydroxyl groups is 1. The molecular weight excluding hydrogens is 487 g/mol. The van der Waals surface area contributed by atoms with Crippen LogP contribution in [0.4, 0.5) is 4.39 Å². The number of aliphatic hydroxyl groups excluding tert-OH is 1. The van der Waals surface area contributed by atoms with Crippen LogP contribution in [0, 0.1) is 12.7 Å². The standard InChI is InChI=1S/C29H21FN4O4/c1-15-17(4-2-6-23(15)34-25(36)13-24-21(30)5-3-11-33(24)29(34)38)18-9-10-20(28(31)37)27-26(18)19-8-7-16(14-35)12-22(19)32-27/h2-13,32,35H,14H2,1H3,(H2,31,37). The highest BCUT2D eigenvalue weighted by molar-refractivity contribution is 6.20. The quantitative estimate of drug-likeness (QED) is 0.335. The average molecular weight is 509 g/mol. The lowest BCUT2D eigenvalue weighted by Crippen LogP contribution is -2.36. The Morgan fingerprint density at radius 1 is 1.03 bits per heavy atom. The number of primary amides is 1. The van der Waals surface area contributed by atoms with E-state index < -0.39 is 23.0 Å². The van der Waals surface area contributed by atoms with Gasteiger partial charge in [0.1, 0.15) is 5.82 Å². The number of aromatic amines is 1. The van der Waals surface area contributed by atoms with Crippen molar-refractivity contribution in [3.05, 3.63) is 116 Å². The summed E-state index contributed by atoms with van der Waals surface area (Å²) in [4.78, 5) is 41.9. The van der Waals surface area contributed by atoms with Crippen molar-refractivity contribution in [1.29, 1.82) is 0 Å². The van der Waals surface area contributed by atoms with E-state index in [2.05, 4.69) is 4.98 Å². The average Bonchev–Trinajstić information content (AvgIpc) is 3.28. The van der Waals surface area contributed by atoms with Crippen molar-refractivity contribution in [2.45, 2.75) is 13.5 Å². The zero-order valence-corrected chi connectivity index (χ0v) is 20.2. The van der Waals surface area contributed by atoms with Gasteiger partial charge >= 0.3 is 5.69 Å². The Morgan fingerprint density at radius 3 is 2.61 bits per heavy atom. The molecule has 8 nitrogen and oxygen atoms in total. The van der Waals surface area contributed by atoms with Crippen LogP contribution in [0.3, 0.4) is 0 Å². The molecule has 3 aromatic heterocycles. The van der Waals surface area contributed by atoms with Gasteiger partial charge in [-0.1, -0.05) is 30.3 Å². The molecule has 6 rings (SSSR count). The first kappa shape index (κ1) is 23.4. The predicted octanol–water partition coefficient (Wildman–Crippen LogP) is 3.79. The number of H-pyrrole nitrogens is 1. The first-order valence-corrected chi connectivity index (χ1v) is 11.8. The van der Waals surface area contributed by atoms with Gasteiger partial charge in [0.05, 0.1) is 28.9 Å². The Hall–Kier alpha value is -5.02. The lowest BCUT2D eigenvalue weighted by atomic mass is 9.93. The SMILES string of the molecule is Cc1c(-c2ccc(C(N)=O)c3[nH]c4cc(CO)ccc4c23)cccc1-n1c(=O)cc2c(F)cccn2c1=O. The van der Waals surface area contributed by atoms with E-state index in [1.54, 1.807) is 37.3 Å². The molecule has 0 aliphatic heterocycles. The van der Waals surface area contributed by atoms with Crippen molar-refractivity contribution in [2.24, 2.45) is 5.73 Å². The first-order valence-electron chi connectivity index (χ1n) is 11.8. The molecule has 0 unspecified atom stereocenters. The van der Waals surface area contributed by atoms with Gasteiger partial charge in [0.25, 0.3) is 11.5 Å². The molecule has 9 heteroatoms. The highest BCUT2D eigenvalue weighted by Crippen LogP contribution is 2.38. The molecule has 3 aromatic carbocycles. The number of nitrogens with one attached hydrogen (secondary N) is 1. The molecule has 0 radical (unpaired) electrons. The van der Waals surface area contributed by atoms with Gasteiger partial charge in [-0.2, -0.15) is 0 Å². The Bertz CT molecular complexity index is 2070. The molecule has 0 aliphatic carbocycles. The summed E-state index contributed by atoms with van der Waals surface area (Å²) in [5, 5.41) is 11.1. The van der Waals surface area contributed by atoms with E-state index in [4.69, 9.17) is 5.73 Å². The highest BCUT2D eigenvalue weighted by atomic mass is 19.1. The third kappa shape index (κ3) is 3.36. The number of halogens is 1. The van der Waals surface area contributed by atoms with Gasteiger partial charge in [-0.25, -0.2) is 13.8 Å². The summed E-state index contributed by atoms with van der Waals surface area (Å²) in [6, 6.07) is 17.8. The Morgan fingerprint density at radius 2 is 1.84 bits per heavy atom. The number of nitrogens with zero attached hydrogens (tertiary/aromatic N) is 2. The monoisotopic (exact) mass is 508 g/mol. The van der Waals surface area contributed by atoms with Crippen molar-refractivity contribution in [3.8, 4) is 16.8 Å². The summed E-state index contributed by atoms with van der Waals surface area (Å²) in [6.45, 7) is 1.66. The Labute approximate surface area is 214 Å². The number of aromatic nitrogens is 3. The number of nitrogens with two attached hydrogens (primary N) is 1. The summed E-state index contributed by atoms with van der Waals surface area (Å²) in [7, 11) is 0. The topological polar surface area (TPSA) is 123 Å². The van der Waals surface area contributed by atoms with Crippen LogP contribution >= 0.6 is 0 Å². The summed E-state index contributed by atoms with van der Waals surface area (Å²) < 4.78 is 16.4. The van der Waals surface area contributed by atoms with Crippen LogP contribution in [0.5, 0.6) is 0 Å². The van der Waals surface area contributed by atoms with Crippen molar-refractivity contribution < 1.29 is 14.3 Å². The molecule has 188 valence electrons. The third-order valence-corrected chi connectivity index (χ3v) is 6.96. The molecule has 0 spiro atoms. The number of carbonyl (C=O) groups is 1. The first-order chi connectivity index (χ1) is 18.3. The van der Waals surface area contributed by atoms with E-state index in [-0.39, 0.29) is 12.1 Å². The van der Waals surface area contributed by atoms with E-state index in [9.17, 15) is 23.9 Å². The fourth-order valence-corrected chi connectivity index (χ4v) is 5.15. The molecule has 0 atom stereocenters. The Kier molecular flexibility index (Phi) is 5.25. The maximum absolute atomic E-state index is 14.3. The van der Waals surface area contributed by atoms with Crippen molar-refractivity contribution in [2.75, 3.05) is 0 Å². The zero-order chi connectivity index (χ0) is 26.7. The normalized spacial score (nSPS) is 11.6. The van der Waals surface area contributed by atoms with Crippen LogP contribution in [-0.2, 0) is 6.61 Å². The second-order valence-corrected chi connectivity index (χ2v) is 9.10. The predicted molar refractivity (Wildman–Crippen MR) is 143 cm³/mol. The maximum atomic E-state index is 14.3. The summed E-state index contributed by atoms with van der Waals surface area (Å²) >= 11 is 0. The molecule has 0 fully saturated rings. The van der Waals surface area contributed by atoms with Crippen LogP contribution in [0.2, 0.25) is 0 Å². The van der Waals surface area contributed by atoms with E-state index in [0.717, 1.165) is 42.5 Å². The van der Waals surface area contributed by atoms with Gasteiger partial charge in [0.2, 0.25) is 0 Å². The number of hydrogen-bond donors (Lipinski definition) is 3. The zero-order valence-electron chi connectivity index (χ0n) is 20.2. The molecule has 0 aliphatic rings. The third-order valence-electron chi connectivity index (χ3n) is 6.96. The number of benzene rings is 3. The highest BCUT2D eigenvalue weighted by Gasteiger charge is 2.20. The smallest absolute Gasteiger partial charge is 0.340 e. The molecule has 6 aromatic rings. The second-order valence-electron chi connectivity index (χ2n) is 9.10. The van der Waals surface area contributed by atoms with Gasteiger partial charge in [-0.05, 0) is 59.5 Å². The summed E-state index contributed by atoms with van der Waals surface area (Å²) in [5.74, 6) is -1.26. The van der Waals surface area contributed by atoms with E-state index in [1.165, 1.54) is 18.3 Å². The van der Waals surface area contributed by atoms with E-state index in [0.29, 0.717) is 27.9 Å². The number of rotatable bonds is 4. The van der Waals surface area contributed by atoms with Crippen LogP contribution < -0.4 is 17.0 Å². The number of fused-ring (bicyclic) bond motifs is 4. The number of carbonyl (C=O) groups excluding carboxylic acids is 1. The van der Waals surface area contributed by atoms with Crippen LogP contribution in [0.1, 0.15) is 21.5 Å². The molecule has 1 amide bonds. The molecule has 0 saturated carbocycles. The maximum Gasteiger partial charge on any atom is 0.340 e. The summed E-state index contributed by atoms with van der Waals surface area (Å²) in [6.07, 6.45) is 1.41. The van der Waals surface area contributed by atoms with Crippen LogP contribution in [0.25, 0.3) is 44.1 Å². The van der Waals surface area contributed by atoms with Gasteiger partial charge < -0.3 is 15.8 Å². The van der Waals surface area contributed by atoms with Gasteiger partial charge in [-0.15, -0.1) is 0 Å². The largest absolute Gasteiger partial charge is 0.392 e. The fourth-order valence-electron chi connectivity index (χ4n) is 5.15. The fraction of sp³-hybridized carbons (Fsp3) is 0.0690. The summed E-state index contributed by atoms with van der Waals surface area (Å²) in [5.41, 5.74) is 8.98. The van der Waals surface area contributed by atoms with Crippen molar-refractivity contribution in [3.63, 3.8) is 0 Å². The van der Waals surface area contributed by atoms with Gasteiger partial charge in [0, 0.05) is 28.6 Å². The van der Waals surface area contributed by atoms with E-state index >= 15 is 0 Å². The molecular formula is C29H21FN4O4. The molecule has 0 bridgehead atoms. The molecule has 3 heterocycles. The molecule has 38 heavy (non-hydrogen) atoms. The number of pyridine rings is 1. The van der Waals surface area contributed by atoms with Crippen LogP contribution in [0.15, 0.2) is 82.5 Å². The van der Waals surface area contributed by atoms with Crippen molar-refractivity contribution in [1.82, 2.24) is 14.0 Å². The van der Waals surface area contributed by atoms with Gasteiger partial charge in [-0.3, -0.25) is 14.0 Å². The second kappa shape index (κ2) is 8.53.